The summed E-state index contributed by atoms with van der Waals surface area (Å²) in [5, 5.41) is 0.162. The van der Waals surface area contributed by atoms with Crippen LogP contribution < -0.4 is 10.5 Å². The summed E-state index contributed by atoms with van der Waals surface area (Å²) in [5.41, 5.74) is 6.05. The fourth-order valence-corrected chi connectivity index (χ4v) is 4.90. The summed E-state index contributed by atoms with van der Waals surface area (Å²) < 4.78 is 27.6. The Hall–Kier alpha value is -0.780. The molecule has 1 aliphatic rings. The van der Waals surface area contributed by atoms with Crippen molar-refractivity contribution in [1.82, 2.24) is 4.72 Å². The number of anilines is 1. The summed E-state index contributed by atoms with van der Waals surface area (Å²) in [7, 11) is -3.59. The van der Waals surface area contributed by atoms with Crippen molar-refractivity contribution < 1.29 is 8.42 Å². The lowest BCUT2D eigenvalue weighted by Gasteiger charge is -2.21. The van der Waals surface area contributed by atoms with Crippen molar-refractivity contribution in [2.45, 2.75) is 44.0 Å². The molecular weight excluding hydrogens is 296 g/mol. The number of nitrogens with two attached hydrogens (primary N) is 1. The molecule has 0 amide bonds. The molecule has 0 heterocycles. The van der Waals surface area contributed by atoms with Crippen LogP contribution in [-0.2, 0) is 10.0 Å². The Balaban J connectivity index is 2.20. The molecule has 4 nitrogen and oxygen atoms in total. The van der Waals surface area contributed by atoms with E-state index in [2.05, 4.69) is 18.6 Å². The van der Waals surface area contributed by atoms with Crippen LogP contribution >= 0.6 is 11.6 Å². The highest BCUT2D eigenvalue weighted by Crippen LogP contribution is 2.35. The minimum absolute atomic E-state index is 0.0152. The smallest absolute Gasteiger partial charge is 0.242 e. The van der Waals surface area contributed by atoms with E-state index in [1.807, 2.05) is 0 Å². The number of benzene rings is 1. The molecule has 1 fully saturated rings. The zero-order valence-corrected chi connectivity index (χ0v) is 13.3. The molecule has 6 heteroatoms. The molecule has 0 bridgehead atoms. The lowest BCUT2D eigenvalue weighted by Crippen LogP contribution is -2.37. The first-order valence-corrected chi connectivity index (χ1v) is 8.78. The number of sulfonamides is 1. The Morgan fingerprint density at radius 2 is 2.10 bits per heavy atom. The lowest BCUT2D eigenvalue weighted by atomic mass is 9.94. The van der Waals surface area contributed by atoms with Crippen LogP contribution in [0.25, 0.3) is 0 Å². The van der Waals surface area contributed by atoms with Gasteiger partial charge in [-0.15, -0.1) is 0 Å². The average molecular weight is 317 g/mol. The van der Waals surface area contributed by atoms with Gasteiger partial charge in [0.05, 0.1) is 5.02 Å². The molecule has 1 aliphatic carbocycles. The predicted octanol–water partition coefficient (Wildman–Crippen LogP) is 3.03. The van der Waals surface area contributed by atoms with E-state index in [1.165, 1.54) is 12.1 Å². The number of nitrogens with one attached hydrogen (secondary N) is 1. The topological polar surface area (TPSA) is 72.2 Å². The van der Waals surface area contributed by atoms with E-state index < -0.39 is 10.0 Å². The molecule has 1 aromatic rings. The molecule has 1 saturated carbocycles. The van der Waals surface area contributed by atoms with Crippen molar-refractivity contribution in [3.05, 3.63) is 23.2 Å². The van der Waals surface area contributed by atoms with Crippen LogP contribution in [0.5, 0.6) is 0 Å². The lowest BCUT2D eigenvalue weighted by molar-refractivity contribution is 0.368. The molecule has 20 heavy (non-hydrogen) atoms. The van der Waals surface area contributed by atoms with Crippen LogP contribution in [0.4, 0.5) is 5.69 Å². The van der Waals surface area contributed by atoms with Gasteiger partial charge >= 0.3 is 0 Å². The maximum atomic E-state index is 12.4. The van der Waals surface area contributed by atoms with Gasteiger partial charge in [0, 0.05) is 11.7 Å². The first-order chi connectivity index (χ1) is 9.35. The molecule has 3 unspecified atom stereocenters. The number of halogens is 1. The van der Waals surface area contributed by atoms with E-state index in [0.717, 1.165) is 19.3 Å². The third kappa shape index (κ3) is 3.10. The molecule has 1 aromatic carbocycles. The molecule has 2 rings (SSSR count). The van der Waals surface area contributed by atoms with Gasteiger partial charge in [0.1, 0.15) is 4.90 Å². The van der Waals surface area contributed by atoms with Gasteiger partial charge < -0.3 is 5.73 Å². The number of nitrogen functional groups attached to an aromatic ring is 1. The van der Waals surface area contributed by atoms with Gasteiger partial charge in [-0.2, -0.15) is 0 Å². The zero-order valence-electron chi connectivity index (χ0n) is 11.8. The van der Waals surface area contributed by atoms with Gasteiger partial charge in [-0.1, -0.05) is 31.9 Å². The quantitative estimate of drug-likeness (QED) is 0.839. The van der Waals surface area contributed by atoms with Crippen molar-refractivity contribution in [2.75, 3.05) is 5.73 Å². The Bertz CT molecular complexity index is 589. The van der Waals surface area contributed by atoms with Gasteiger partial charge in [-0.05, 0) is 42.9 Å². The van der Waals surface area contributed by atoms with Crippen LogP contribution in [-0.4, -0.2) is 14.5 Å². The van der Waals surface area contributed by atoms with Crippen molar-refractivity contribution in [1.29, 1.82) is 0 Å². The van der Waals surface area contributed by atoms with Crippen LogP contribution in [0, 0.1) is 11.8 Å². The van der Waals surface area contributed by atoms with Crippen molar-refractivity contribution >= 4 is 27.3 Å². The van der Waals surface area contributed by atoms with E-state index in [9.17, 15) is 8.42 Å². The Morgan fingerprint density at radius 3 is 2.65 bits per heavy atom. The number of hydrogen-bond donors (Lipinski definition) is 2. The monoisotopic (exact) mass is 316 g/mol. The Kier molecular flexibility index (Phi) is 4.62. The minimum atomic E-state index is -3.59. The summed E-state index contributed by atoms with van der Waals surface area (Å²) >= 11 is 5.99. The second kappa shape index (κ2) is 5.92. The zero-order chi connectivity index (χ0) is 14.9. The van der Waals surface area contributed by atoms with Gasteiger partial charge in [0.15, 0.2) is 0 Å². The second-order valence-electron chi connectivity index (χ2n) is 5.52. The summed E-state index contributed by atoms with van der Waals surface area (Å²) in [6.45, 7) is 4.26. The SMILES string of the molecule is CCC1CCC(NS(=O)(=O)c2ccc(N)cc2Cl)C1C. The molecule has 3 atom stereocenters. The molecule has 3 N–H and O–H groups in total. The van der Waals surface area contributed by atoms with Crippen LogP contribution in [0.2, 0.25) is 5.02 Å². The Labute approximate surface area is 125 Å². The largest absolute Gasteiger partial charge is 0.399 e. The van der Waals surface area contributed by atoms with E-state index in [0.29, 0.717) is 17.5 Å². The maximum Gasteiger partial charge on any atom is 0.242 e. The number of hydrogen-bond acceptors (Lipinski definition) is 3. The third-order valence-corrected chi connectivity index (χ3v) is 6.28. The fraction of sp³-hybridized carbons (Fsp3) is 0.571. The first-order valence-electron chi connectivity index (χ1n) is 6.92. The Morgan fingerprint density at radius 1 is 1.40 bits per heavy atom. The molecule has 0 aromatic heterocycles. The van der Waals surface area contributed by atoms with E-state index in [4.69, 9.17) is 17.3 Å². The van der Waals surface area contributed by atoms with E-state index >= 15 is 0 Å². The standard InChI is InChI=1S/C14H21ClN2O2S/c1-3-10-4-6-13(9(10)2)17-20(18,19)14-7-5-11(16)8-12(14)15/h5,7-10,13,17H,3-4,6,16H2,1-2H3. The molecular formula is C14H21ClN2O2S. The first kappa shape index (κ1) is 15.6. The van der Waals surface area contributed by atoms with Gasteiger partial charge in [-0.3, -0.25) is 0 Å². The van der Waals surface area contributed by atoms with Gasteiger partial charge in [0.2, 0.25) is 10.0 Å². The van der Waals surface area contributed by atoms with Crippen LogP contribution in [0.3, 0.4) is 0 Å². The normalized spacial score (nSPS) is 26.9. The van der Waals surface area contributed by atoms with Crippen LogP contribution in [0.15, 0.2) is 23.1 Å². The summed E-state index contributed by atoms with van der Waals surface area (Å²) in [6.07, 6.45) is 3.04. The third-order valence-electron chi connectivity index (χ3n) is 4.30. The summed E-state index contributed by atoms with van der Waals surface area (Å²) in [5.74, 6) is 0.937. The van der Waals surface area contributed by atoms with Crippen molar-refractivity contribution in [2.24, 2.45) is 11.8 Å². The maximum absolute atomic E-state index is 12.4. The molecule has 0 saturated heterocycles. The van der Waals surface area contributed by atoms with E-state index in [-0.39, 0.29) is 16.0 Å². The highest BCUT2D eigenvalue weighted by atomic mass is 35.5. The molecule has 112 valence electrons. The highest BCUT2D eigenvalue weighted by Gasteiger charge is 2.34. The van der Waals surface area contributed by atoms with Crippen molar-refractivity contribution in [3.63, 3.8) is 0 Å². The second-order valence-corrected chi connectivity index (χ2v) is 7.61. The van der Waals surface area contributed by atoms with E-state index in [1.54, 1.807) is 6.07 Å². The summed E-state index contributed by atoms with van der Waals surface area (Å²) in [6, 6.07) is 4.45. The predicted molar refractivity (Wildman–Crippen MR) is 82.2 cm³/mol. The number of rotatable bonds is 4. The molecule has 0 radical (unpaired) electrons. The molecule has 0 aliphatic heterocycles. The highest BCUT2D eigenvalue weighted by molar-refractivity contribution is 7.89. The van der Waals surface area contributed by atoms with Crippen LogP contribution in [0.1, 0.15) is 33.1 Å². The molecule has 0 spiro atoms. The fourth-order valence-electron chi connectivity index (χ4n) is 2.99. The van der Waals surface area contributed by atoms with Gasteiger partial charge in [-0.25, -0.2) is 13.1 Å². The average Bonchev–Trinajstić information content (AvgIpc) is 2.69. The minimum Gasteiger partial charge on any atom is -0.399 e. The van der Waals surface area contributed by atoms with Crippen molar-refractivity contribution in [3.8, 4) is 0 Å². The van der Waals surface area contributed by atoms with Gasteiger partial charge in [0.25, 0.3) is 0 Å². The summed E-state index contributed by atoms with van der Waals surface area (Å²) in [4.78, 5) is 0.0977.